The predicted octanol–water partition coefficient (Wildman–Crippen LogP) is 2.43. The van der Waals surface area contributed by atoms with Crippen molar-refractivity contribution in [3.05, 3.63) is 31.8 Å². The smallest absolute Gasteiger partial charge is 0.336 e. The summed E-state index contributed by atoms with van der Waals surface area (Å²) in [7, 11) is 1.45. The summed E-state index contributed by atoms with van der Waals surface area (Å²) < 4.78 is 6.49. The number of nitrogens with zero attached hydrogens (tertiary/aromatic N) is 2. The molecular weight excluding hydrogens is 415 g/mol. The quantitative estimate of drug-likeness (QED) is 0.744. The molecule has 6 nitrogen and oxygen atoms in total. The average molecular weight is 423 g/mol. The van der Waals surface area contributed by atoms with Gasteiger partial charge in [-0.25, -0.2) is 5.10 Å². The Balaban J connectivity index is 2.19. The number of H-pyrrole nitrogens is 1. The molecule has 0 atom stereocenters. The fourth-order valence-corrected chi connectivity index (χ4v) is 2.16. The van der Waals surface area contributed by atoms with Crippen molar-refractivity contribution in [1.82, 2.24) is 15.2 Å². The topological polar surface area (TPSA) is 79.9 Å². The van der Waals surface area contributed by atoms with E-state index in [1.165, 1.54) is 7.11 Å². The number of nitrogens with one attached hydrogen (secondary N) is 2. The molecule has 1 heterocycles. The number of rotatable bonds is 3. The van der Waals surface area contributed by atoms with Crippen LogP contribution in [0.3, 0.4) is 0 Å². The third-order valence-corrected chi connectivity index (χ3v) is 3.41. The molecule has 0 spiro atoms. The zero-order valence-corrected chi connectivity index (χ0v) is 12.9. The van der Waals surface area contributed by atoms with Crippen LogP contribution in [0.4, 0.5) is 5.95 Å². The highest BCUT2D eigenvalue weighted by molar-refractivity contribution is 14.1. The Morgan fingerprint density at radius 1 is 1.56 bits per heavy atom. The maximum Gasteiger partial charge on any atom is 0.336 e. The lowest BCUT2D eigenvalue weighted by Gasteiger charge is -2.04. The maximum absolute atomic E-state index is 12.0. The van der Waals surface area contributed by atoms with Crippen LogP contribution in [0.5, 0.6) is 6.01 Å². The molecule has 0 radical (unpaired) electrons. The molecule has 0 aliphatic carbocycles. The van der Waals surface area contributed by atoms with Crippen LogP contribution in [0.15, 0.2) is 22.7 Å². The van der Waals surface area contributed by atoms with Gasteiger partial charge in [0.05, 0.1) is 12.7 Å². The van der Waals surface area contributed by atoms with Crippen LogP contribution in [0.1, 0.15) is 10.4 Å². The number of carbonyl (C=O) groups excluding carboxylic acids is 1. The van der Waals surface area contributed by atoms with Gasteiger partial charge in [-0.1, -0.05) is 0 Å². The summed E-state index contributed by atoms with van der Waals surface area (Å²) in [6.45, 7) is 0. The fourth-order valence-electron chi connectivity index (χ4n) is 1.24. The third-order valence-electron chi connectivity index (χ3n) is 2.05. The van der Waals surface area contributed by atoms with E-state index in [0.717, 1.165) is 3.57 Å². The molecule has 18 heavy (non-hydrogen) atoms. The minimum absolute atomic E-state index is 0.173. The predicted molar refractivity (Wildman–Crippen MR) is 77.7 cm³/mol. The molecule has 0 fully saturated rings. The molecule has 2 aromatic rings. The molecule has 0 saturated carbocycles. The van der Waals surface area contributed by atoms with E-state index in [1.54, 1.807) is 6.07 Å². The first-order chi connectivity index (χ1) is 8.60. The lowest BCUT2D eigenvalue weighted by molar-refractivity contribution is 0.102. The molecule has 2 N–H and O–H groups in total. The van der Waals surface area contributed by atoms with Gasteiger partial charge in [0, 0.05) is 8.04 Å². The molecule has 2 rings (SSSR count). The fraction of sp³-hybridized carbons (Fsp3) is 0.100. The van der Waals surface area contributed by atoms with Gasteiger partial charge >= 0.3 is 6.01 Å². The van der Waals surface area contributed by atoms with Crippen LogP contribution in [-0.2, 0) is 0 Å². The summed E-state index contributed by atoms with van der Waals surface area (Å²) in [5.41, 5.74) is 0.525. The van der Waals surface area contributed by atoms with Crippen LogP contribution >= 0.6 is 38.5 Å². The Bertz CT molecular complexity index is 587. The molecule has 1 aromatic carbocycles. The van der Waals surface area contributed by atoms with Gasteiger partial charge in [0.15, 0.2) is 0 Å². The molecule has 94 valence electrons. The van der Waals surface area contributed by atoms with Crippen molar-refractivity contribution in [2.45, 2.75) is 0 Å². The Morgan fingerprint density at radius 2 is 2.33 bits per heavy atom. The number of aromatic amines is 1. The Kier molecular flexibility index (Phi) is 4.17. The van der Waals surface area contributed by atoms with Gasteiger partial charge in [0.25, 0.3) is 5.91 Å². The van der Waals surface area contributed by atoms with Gasteiger partial charge in [-0.3, -0.25) is 10.1 Å². The zero-order valence-electron chi connectivity index (χ0n) is 9.20. The summed E-state index contributed by atoms with van der Waals surface area (Å²) in [6, 6.07) is 5.66. The van der Waals surface area contributed by atoms with Gasteiger partial charge < -0.3 is 4.74 Å². The molecule has 0 aliphatic heterocycles. The first-order valence-corrected chi connectivity index (χ1v) is 6.70. The number of halogens is 2. The van der Waals surface area contributed by atoms with Crippen molar-refractivity contribution < 1.29 is 9.53 Å². The second-order valence-electron chi connectivity index (χ2n) is 3.25. The monoisotopic (exact) mass is 422 g/mol. The molecule has 0 unspecified atom stereocenters. The minimum Gasteiger partial charge on any atom is -0.466 e. The van der Waals surface area contributed by atoms with Crippen molar-refractivity contribution in [2.75, 3.05) is 12.4 Å². The number of aromatic nitrogens is 3. The van der Waals surface area contributed by atoms with Gasteiger partial charge in [-0.2, -0.15) is 4.98 Å². The highest BCUT2D eigenvalue weighted by Gasteiger charge is 2.13. The highest BCUT2D eigenvalue weighted by atomic mass is 127. The number of methoxy groups -OCH3 is 1. The zero-order chi connectivity index (χ0) is 13.1. The number of hydrogen-bond donors (Lipinski definition) is 2. The van der Waals surface area contributed by atoms with Crippen LogP contribution in [0, 0.1) is 3.57 Å². The highest BCUT2D eigenvalue weighted by Crippen LogP contribution is 2.20. The molecule has 0 aliphatic rings. The Hall–Kier alpha value is -1.16. The van der Waals surface area contributed by atoms with Gasteiger partial charge in [0.1, 0.15) is 0 Å². The second-order valence-corrected chi connectivity index (χ2v) is 5.35. The normalized spacial score (nSPS) is 10.2. The summed E-state index contributed by atoms with van der Waals surface area (Å²) in [6.07, 6.45) is 0. The summed E-state index contributed by atoms with van der Waals surface area (Å²) in [4.78, 5) is 15.9. The SMILES string of the molecule is COc1n[nH]c(NC(=O)c2cc(I)ccc2Br)n1. The minimum atomic E-state index is -0.279. The molecular formula is C10H8BrIN4O2. The molecule has 0 bridgehead atoms. The summed E-state index contributed by atoms with van der Waals surface area (Å²) >= 11 is 5.47. The molecule has 1 amide bonds. The first-order valence-electron chi connectivity index (χ1n) is 4.83. The average Bonchev–Trinajstić information content (AvgIpc) is 2.80. The number of benzene rings is 1. The number of ether oxygens (including phenoxy) is 1. The van der Waals surface area contributed by atoms with Gasteiger partial charge in [0.2, 0.25) is 5.95 Å². The van der Waals surface area contributed by atoms with E-state index < -0.39 is 0 Å². The Labute approximate surface area is 125 Å². The third kappa shape index (κ3) is 2.99. The van der Waals surface area contributed by atoms with Crippen LogP contribution in [0.25, 0.3) is 0 Å². The number of hydrogen-bond acceptors (Lipinski definition) is 4. The molecule has 0 saturated heterocycles. The van der Waals surface area contributed by atoms with Gasteiger partial charge in [-0.05, 0) is 56.7 Å². The molecule has 1 aromatic heterocycles. The van der Waals surface area contributed by atoms with E-state index in [4.69, 9.17) is 4.74 Å². The maximum atomic E-state index is 12.0. The number of carbonyl (C=O) groups is 1. The van der Waals surface area contributed by atoms with Crippen molar-refractivity contribution in [2.24, 2.45) is 0 Å². The summed E-state index contributed by atoms with van der Waals surface area (Å²) in [5.74, 6) is -0.0400. The second kappa shape index (κ2) is 5.65. The van der Waals surface area contributed by atoms with E-state index in [2.05, 4.69) is 59.0 Å². The van der Waals surface area contributed by atoms with Crippen LogP contribution in [0.2, 0.25) is 0 Å². The first kappa shape index (κ1) is 13.3. The van der Waals surface area contributed by atoms with Crippen molar-refractivity contribution >= 4 is 50.4 Å². The number of amides is 1. The lowest BCUT2D eigenvalue weighted by atomic mass is 10.2. The van der Waals surface area contributed by atoms with Crippen molar-refractivity contribution in [1.29, 1.82) is 0 Å². The summed E-state index contributed by atoms with van der Waals surface area (Å²) in [5, 5.41) is 8.89. The van der Waals surface area contributed by atoms with Crippen molar-refractivity contribution in [3.8, 4) is 6.01 Å². The molecule has 8 heteroatoms. The van der Waals surface area contributed by atoms with E-state index >= 15 is 0 Å². The van der Waals surface area contributed by atoms with Gasteiger partial charge in [-0.15, -0.1) is 5.10 Å². The lowest BCUT2D eigenvalue weighted by Crippen LogP contribution is -2.13. The largest absolute Gasteiger partial charge is 0.466 e. The van der Waals surface area contributed by atoms with Crippen LogP contribution in [-0.4, -0.2) is 28.2 Å². The van der Waals surface area contributed by atoms with Crippen LogP contribution < -0.4 is 10.1 Å². The standard InChI is InChI=1S/C10H8BrIN4O2/c1-18-10-14-9(15-16-10)13-8(17)6-4-5(12)2-3-7(6)11/h2-4H,1H3,(H2,13,14,15,16,17). The van der Waals surface area contributed by atoms with E-state index in [1.807, 2.05) is 12.1 Å². The Morgan fingerprint density at radius 3 is 3.00 bits per heavy atom. The van der Waals surface area contributed by atoms with E-state index in [-0.39, 0.29) is 17.9 Å². The number of anilines is 1. The van der Waals surface area contributed by atoms with E-state index in [0.29, 0.717) is 10.0 Å². The van der Waals surface area contributed by atoms with Crippen molar-refractivity contribution in [3.63, 3.8) is 0 Å². The van der Waals surface area contributed by atoms with E-state index in [9.17, 15) is 4.79 Å².